The number of likely N-dealkylation sites (tertiary alicyclic amines) is 1. The number of Topliss-reactive ketones (excluding diaryl/α,β-unsaturated/α-hetero) is 1. The molecule has 0 atom stereocenters. The zero-order valence-corrected chi connectivity index (χ0v) is 9.12. The summed E-state index contributed by atoms with van der Waals surface area (Å²) >= 11 is 0. The van der Waals surface area contributed by atoms with Gasteiger partial charge in [0.1, 0.15) is 11.6 Å². The fourth-order valence-corrected chi connectivity index (χ4v) is 1.77. The highest BCUT2D eigenvalue weighted by Gasteiger charge is 2.17. The lowest BCUT2D eigenvalue weighted by Gasteiger charge is -2.25. The molecule has 82 valence electrons. The zero-order chi connectivity index (χ0) is 11.3. The number of nitriles is 1. The number of allylic oxidation sites excluding steroid dienone is 1. The fourth-order valence-electron chi connectivity index (χ4n) is 1.77. The minimum atomic E-state index is -0.153. The molecule has 4 nitrogen and oxygen atoms in total. The molecule has 4 heteroatoms. The third-order valence-electron chi connectivity index (χ3n) is 2.60. The van der Waals surface area contributed by atoms with Crippen LogP contribution in [0, 0.1) is 11.3 Å². The van der Waals surface area contributed by atoms with Gasteiger partial charge in [0.25, 0.3) is 0 Å². The Morgan fingerprint density at radius 2 is 2.00 bits per heavy atom. The van der Waals surface area contributed by atoms with Gasteiger partial charge in [0.15, 0.2) is 5.78 Å². The summed E-state index contributed by atoms with van der Waals surface area (Å²) in [7, 11) is 0. The van der Waals surface area contributed by atoms with Crippen molar-refractivity contribution in [3.05, 3.63) is 11.3 Å². The van der Waals surface area contributed by atoms with Crippen LogP contribution in [-0.4, -0.2) is 30.3 Å². The average Bonchev–Trinajstić information content (AvgIpc) is 2.19. The highest BCUT2D eigenvalue weighted by atomic mass is 16.1. The Morgan fingerprint density at radius 1 is 1.40 bits per heavy atom. The van der Waals surface area contributed by atoms with Gasteiger partial charge in [-0.05, 0) is 32.9 Å². The Bertz CT molecular complexity index is 304. The lowest BCUT2D eigenvalue weighted by molar-refractivity contribution is -0.116. The van der Waals surface area contributed by atoms with Crippen LogP contribution in [0.4, 0.5) is 0 Å². The Morgan fingerprint density at radius 3 is 2.47 bits per heavy atom. The van der Waals surface area contributed by atoms with E-state index in [0.29, 0.717) is 12.2 Å². The molecular formula is C11H17N3O. The summed E-state index contributed by atoms with van der Waals surface area (Å²) < 4.78 is 0. The first-order valence-corrected chi connectivity index (χ1v) is 5.27. The van der Waals surface area contributed by atoms with E-state index in [1.807, 2.05) is 6.07 Å². The normalized spacial score (nSPS) is 19.2. The molecule has 1 fully saturated rings. The van der Waals surface area contributed by atoms with Gasteiger partial charge in [0.05, 0.1) is 6.54 Å². The Balaban J connectivity index is 2.55. The summed E-state index contributed by atoms with van der Waals surface area (Å²) in [6.45, 7) is 3.83. The van der Waals surface area contributed by atoms with Gasteiger partial charge >= 0.3 is 0 Å². The second-order valence-electron chi connectivity index (χ2n) is 3.93. The number of nitrogens with two attached hydrogens (primary N) is 1. The zero-order valence-electron chi connectivity index (χ0n) is 9.12. The summed E-state index contributed by atoms with van der Waals surface area (Å²) in [4.78, 5) is 13.8. The molecule has 1 rings (SSSR count). The van der Waals surface area contributed by atoms with E-state index in [9.17, 15) is 4.79 Å². The maximum atomic E-state index is 11.7. The Hall–Kier alpha value is -1.34. The van der Waals surface area contributed by atoms with E-state index >= 15 is 0 Å². The van der Waals surface area contributed by atoms with Crippen LogP contribution in [0.2, 0.25) is 0 Å². The standard InChI is InChI=1S/C11H17N3O/c1-9(13)10(7-12)11(15)8-14-5-3-2-4-6-14/h2-6,8,13H2,1H3/b10-9-. The van der Waals surface area contributed by atoms with Crippen molar-refractivity contribution in [3.63, 3.8) is 0 Å². The van der Waals surface area contributed by atoms with Crippen LogP contribution < -0.4 is 5.73 Å². The van der Waals surface area contributed by atoms with Gasteiger partial charge in [0, 0.05) is 5.70 Å². The first kappa shape index (κ1) is 11.7. The maximum Gasteiger partial charge on any atom is 0.189 e. The van der Waals surface area contributed by atoms with E-state index in [4.69, 9.17) is 11.0 Å². The predicted molar refractivity (Wildman–Crippen MR) is 57.8 cm³/mol. The number of rotatable bonds is 3. The number of hydrogen-bond acceptors (Lipinski definition) is 4. The van der Waals surface area contributed by atoms with Crippen molar-refractivity contribution >= 4 is 5.78 Å². The Labute approximate surface area is 90.3 Å². The molecule has 0 saturated carbocycles. The van der Waals surface area contributed by atoms with E-state index in [1.54, 1.807) is 6.92 Å². The molecule has 1 aliphatic rings. The summed E-state index contributed by atoms with van der Waals surface area (Å²) in [6.07, 6.45) is 3.52. The minimum absolute atomic E-state index is 0.112. The molecule has 1 saturated heterocycles. The molecule has 1 aliphatic heterocycles. The molecule has 0 aromatic heterocycles. The number of carbonyl (C=O) groups is 1. The molecule has 0 aromatic carbocycles. The monoisotopic (exact) mass is 207 g/mol. The first-order chi connectivity index (χ1) is 7.15. The lowest BCUT2D eigenvalue weighted by Crippen LogP contribution is -2.35. The predicted octanol–water partition coefficient (Wildman–Crippen LogP) is 0.798. The molecule has 0 aromatic rings. The second kappa shape index (κ2) is 5.52. The van der Waals surface area contributed by atoms with Crippen LogP contribution in [0.3, 0.4) is 0 Å². The summed E-state index contributed by atoms with van der Waals surface area (Å²) in [5.74, 6) is -0.153. The van der Waals surface area contributed by atoms with Crippen molar-refractivity contribution in [1.29, 1.82) is 5.26 Å². The molecular weight excluding hydrogens is 190 g/mol. The highest BCUT2D eigenvalue weighted by Crippen LogP contribution is 2.09. The van der Waals surface area contributed by atoms with Crippen LogP contribution in [0.5, 0.6) is 0 Å². The smallest absolute Gasteiger partial charge is 0.189 e. The van der Waals surface area contributed by atoms with Crippen molar-refractivity contribution in [2.75, 3.05) is 19.6 Å². The molecule has 0 aliphatic carbocycles. The molecule has 0 radical (unpaired) electrons. The number of piperidine rings is 1. The van der Waals surface area contributed by atoms with E-state index < -0.39 is 0 Å². The molecule has 2 N–H and O–H groups in total. The third-order valence-corrected chi connectivity index (χ3v) is 2.60. The Kier molecular flexibility index (Phi) is 4.32. The first-order valence-electron chi connectivity index (χ1n) is 5.27. The summed E-state index contributed by atoms with van der Waals surface area (Å²) in [5.41, 5.74) is 5.90. The van der Waals surface area contributed by atoms with Crippen LogP contribution in [0.1, 0.15) is 26.2 Å². The van der Waals surface area contributed by atoms with E-state index in [-0.39, 0.29) is 11.4 Å². The van der Waals surface area contributed by atoms with Crippen molar-refractivity contribution in [2.24, 2.45) is 5.73 Å². The lowest BCUT2D eigenvalue weighted by atomic mass is 10.1. The average molecular weight is 207 g/mol. The number of ketones is 1. The van der Waals surface area contributed by atoms with Crippen molar-refractivity contribution in [1.82, 2.24) is 4.90 Å². The van der Waals surface area contributed by atoms with Gasteiger partial charge in [-0.15, -0.1) is 0 Å². The van der Waals surface area contributed by atoms with Crippen LogP contribution in [0.15, 0.2) is 11.3 Å². The molecule has 1 heterocycles. The summed E-state index contributed by atoms with van der Waals surface area (Å²) in [5, 5.41) is 8.77. The molecule has 15 heavy (non-hydrogen) atoms. The van der Waals surface area contributed by atoms with Gasteiger partial charge < -0.3 is 5.73 Å². The summed E-state index contributed by atoms with van der Waals surface area (Å²) in [6, 6.07) is 1.87. The van der Waals surface area contributed by atoms with E-state index in [0.717, 1.165) is 25.9 Å². The van der Waals surface area contributed by atoms with E-state index in [2.05, 4.69) is 4.90 Å². The van der Waals surface area contributed by atoms with E-state index in [1.165, 1.54) is 6.42 Å². The van der Waals surface area contributed by atoms with Gasteiger partial charge in [-0.1, -0.05) is 6.42 Å². The van der Waals surface area contributed by atoms with Crippen molar-refractivity contribution < 1.29 is 4.79 Å². The molecule has 0 spiro atoms. The van der Waals surface area contributed by atoms with Crippen molar-refractivity contribution in [2.45, 2.75) is 26.2 Å². The maximum absolute atomic E-state index is 11.7. The van der Waals surface area contributed by atoms with Crippen LogP contribution in [-0.2, 0) is 4.79 Å². The van der Waals surface area contributed by atoms with Gasteiger partial charge in [0.2, 0.25) is 0 Å². The van der Waals surface area contributed by atoms with Gasteiger partial charge in [-0.3, -0.25) is 9.69 Å². The SMILES string of the molecule is C/C(N)=C(\C#N)C(=O)CN1CCCCC1. The number of hydrogen-bond donors (Lipinski definition) is 1. The molecule has 0 bridgehead atoms. The molecule has 0 unspecified atom stereocenters. The molecule has 0 amide bonds. The van der Waals surface area contributed by atoms with Crippen LogP contribution >= 0.6 is 0 Å². The fraction of sp³-hybridized carbons (Fsp3) is 0.636. The topological polar surface area (TPSA) is 70.1 Å². The van der Waals surface area contributed by atoms with Gasteiger partial charge in [-0.25, -0.2) is 0 Å². The largest absolute Gasteiger partial charge is 0.401 e. The van der Waals surface area contributed by atoms with Crippen molar-refractivity contribution in [3.8, 4) is 6.07 Å². The number of carbonyl (C=O) groups excluding carboxylic acids is 1. The quantitative estimate of drug-likeness (QED) is 0.549. The minimum Gasteiger partial charge on any atom is -0.401 e. The third kappa shape index (κ3) is 3.37. The number of nitrogens with zero attached hydrogens (tertiary/aromatic N) is 2. The second-order valence-corrected chi connectivity index (χ2v) is 3.93. The van der Waals surface area contributed by atoms with Gasteiger partial charge in [-0.2, -0.15) is 5.26 Å². The highest BCUT2D eigenvalue weighted by molar-refractivity contribution is 6.00. The van der Waals surface area contributed by atoms with Crippen LogP contribution in [0.25, 0.3) is 0 Å².